The number of aliphatic carboxylic acids is 1. The Morgan fingerprint density at radius 3 is 2.41 bits per heavy atom. The van der Waals surface area contributed by atoms with Crippen molar-refractivity contribution >= 4 is 11.9 Å². The number of aromatic nitrogens is 2. The molecule has 0 spiro atoms. The van der Waals surface area contributed by atoms with Crippen molar-refractivity contribution in [3.05, 3.63) is 23.8 Å². The van der Waals surface area contributed by atoms with Crippen molar-refractivity contribution in [3.8, 4) is 0 Å². The first-order valence-electron chi connectivity index (χ1n) is 7.72. The van der Waals surface area contributed by atoms with Crippen LogP contribution in [0.4, 0.5) is 0 Å². The first-order chi connectivity index (χ1) is 10.4. The molecule has 22 heavy (non-hydrogen) atoms. The molecule has 0 aliphatic heterocycles. The molecule has 2 N–H and O–H groups in total. The SMILES string of the molecule is CC1(C)[C@H](C(=O)O)[C@@H]1C(=O)NCCc1cnc(C2CC2)nc1. The molecule has 0 radical (unpaired) electrons. The summed E-state index contributed by atoms with van der Waals surface area (Å²) in [5, 5.41) is 11.9. The van der Waals surface area contributed by atoms with Crippen LogP contribution in [-0.2, 0) is 16.0 Å². The fourth-order valence-corrected chi connectivity index (χ4v) is 3.07. The van der Waals surface area contributed by atoms with Gasteiger partial charge in [-0.3, -0.25) is 9.59 Å². The summed E-state index contributed by atoms with van der Waals surface area (Å²) >= 11 is 0. The summed E-state index contributed by atoms with van der Waals surface area (Å²) in [6.07, 6.45) is 6.64. The maximum Gasteiger partial charge on any atom is 0.307 e. The molecule has 2 atom stereocenters. The lowest BCUT2D eigenvalue weighted by Gasteiger charge is -2.06. The zero-order valence-corrected chi connectivity index (χ0v) is 12.9. The molecule has 0 unspecified atom stereocenters. The van der Waals surface area contributed by atoms with Gasteiger partial charge in [0, 0.05) is 24.9 Å². The second kappa shape index (κ2) is 5.34. The van der Waals surface area contributed by atoms with Gasteiger partial charge in [0.2, 0.25) is 5.91 Å². The Bertz CT molecular complexity index is 593. The third-order valence-electron chi connectivity index (χ3n) is 4.76. The first kappa shape index (κ1) is 14.9. The van der Waals surface area contributed by atoms with Crippen molar-refractivity contribution in [2.75, 3.05) is 6.54 Å². The summed E-state index contributed by atoms with van der Waals surface area (Å²) in [7, 11) is 0. The van der Waals surface area contributed by atoms with Gasteiger partial charge < -0.3 is 10.4 Å². The number of rotatable bonds is 6. The smallest absolute Gasteiger partial charge is 0.307 e. The Labute approximate surface area is 129 Å². The number of nitrogens with zero attached hydrogens (tertiary/aromatic N) is 2. The highest BCUT2D eigenvalue weighted by atomic mass is 16.4. The maximum absolute atomic E-state index is 12.1. The van der Waals surface area contributed by atoms with E-state index in [0.717, 1.165) is 11.4 Å². The van der Waals surface area contributed by atoms with Crippen molar-refractivity contribution in [3.63, 3.8) is 0 Å². The van der Waals surface area contributed by atoms with E-state index in [1.165, 1.54) is 12.8 Å². The monoisotopic (exact) mass is 303 g/mol. The number of hydrogen-bond donors (Lipinski definition) is 2. The van der Waals surface area contributed by atoms with E-state index in [4.69, 9.17) is 5.11 Å². The zero-order chi connectivity index (χ0) is 15.9. The number of amides is 1. The van der Waals surface area contributed by atoms with E-state index in [-0.39, 0.29) is 5.91 Å². The average Bonchev–Trinajstić information content (AvgIpc) is 3.35. The third-order valence-corrected chi connectivity index (χ3v) is 4.76. The highest BCUT2D eigenvalue weighted by Gasteiger charge is 2.65. The van der Waals surface area contributed by atoms with Crippen LogP contribution < -0.4 is 5.32 Å². The van der Waals surface area contributed by atoms with Crippen LogP contribution in [0.2, 0.25) is 0 Å². The Kier molecular flexibility index (Phi) is 3.62. The lowest BCUT2D eigenvalue weighted by atomic mass is 10.1. The lowest BCUT2D eigenvalue weighted by molar-refractivity contribution is -0.140. The molecule has 0 bridgehead atoms. The Morgan fingerprint density at radius 1 is 1.27 bits per heavy atom. The third kappa shape index (κ3) is 2.82. The molecule has 1 amide bonds. The molecule has 118 valence electrons. The minimum atomic E-state index is -0.894. The van der Waals surface area contributed by atoms with Gasteiger partial charge in [-0.1, -0.05) is 13.8 Å². The predicted molar refractivity (Wildman–Crippen MR) is 79.1 cm³/mol. The summed E-state index contributed by atoms with van der Waals surface area (Å²) < 4.78 is 0. The number of carbonyl (C=O) groups is 2. The van der Waals surface area contributed by atoms with Gasteiger partial charge >= 0.3 is 5.97 Å². The van der Waals surface area contributed by atoms with E-state index >= 15 is 0 Å². The fourth-order valence-electron chi connectivity index (χ4n) is 3.07. The average molecular weight is 303 g/mol. The summed E-state index contributed by atoms with van der Waals surface area (Å²) in [5.74, 6) is -0.620. The van der Waals surface area contributed by atoms with Gasteiger partial charge in [0.25, 0.3) is 0 Å². The highest BCUT2D eigenvalue weighted by molar-refractivity contribution is 5.91. The van der Waals surface area contributed by atoms with Gasteiger partial charge in [0.1, 0.15) is 5.82 Å². The van der Waals surface area contributed by atoms with Gasteiger partial charge in [0.15, 0.2) is 0 Å². The molecule has 2 saturated carbocycles. The van der Waals surface area contributed by atoms with Crippen molar-refractivity contribution in [2.45, 2.75) is 39.0 Å². The molecule has 1 heterocycles. The summed E-state index contributed by atoms with van der Waals surface area (Å²) in [6.45, 7) is 4.12. The summed E-state index contributed by atoms with van der Waals surface area (Å²) in [5.41, 5.74) is 0.528. The molecule has 1 aromatic heterocycles. The van der Waals surface area contributed by atoms with E-state index in [2.05, 4.69) is 15.3 Å². The van der Waals surface area contributed by atoms with Crippen LogP contribution in [-0.4, -0.2) is 33.5 Å². The van der Waals surface area contributed by atoms with Gasteiger partial charge in [-0.05, 0) is 30.2 Å². The van der Waals surface area contributed by atoms with Gasteiger partial charge in [-0.2, -0.15) is 0 Å². The molecule has 0 saturated heterocycles. The zero-order valence-electron chi connectivity index (χ0n) is 12.9. The van der Waals surface area contributed by atoms with E-state index < -0.39 is 23.2 Å². The van der Waals surface area contributed by atoms with Crippen LogP contribution in [0.25, 0.3) is 0 Å². The molecular weight excluding hydrogens is 282 g/mol. The molecular formula is C16H21N3O3. The van der Waals surface area contributed by atoms with Crippen molar-refractivity contribution in [1.82, 2.24) is 15.3 Å². The fraction of sp³-hybridized carbons (Fsp3) is 0.625. The van der Waals surface area contributed by atoms with E-state index in [1.807, 2.05) is 26.2 Å². The molecule has 2 aliphatic carbocycles. The summed E-state index contributed by atoms with van der Waals surface area (Å²) in [4.78, 5) is 31.8. The van der Waals surface area contributed by atoms with Crippen LogP contribution >= 0.6 is 0 Å². The first-order valence-corrected chi connectivity index (χ1v) is 7.72. The van der Waals surface area contributed by atoms with Gasteiger partial charge in [-0.25, -0.2) is 9.97 Å². The lowest BCUT2D eigenvalue weighted by Crippen LogP contribution is -2.29. The molecule has 2 aliphatic rings. The van der Waals surface area contributed by atoms with E-state index in [1.54, 1.807) is 0 Å². The quantitative estimate of drug-likeness (QED) is 0.828. The minimum Gasteiger partial charge on any atom is -0.481 e. The van der Waals surface area contributed by atoms with Crippen LogP contribution in [0.1, 0.15) is 44.0 Å². The second-order valence-corrected chi connectivity index (χ2v) is 6.88. The van der Waals surface area contributed by atoms with Crippen LogP contribution in [0, 0.1) is 17.3 Å². The minimum absolute atomic E-state index is 0.173. The van der Waals surface area contributed by atoms with Gasteiger partial charge in [0.05, 0.1) is 11.8 Å². The molecule has 6 heteroatoms. The van der Waals surface area contributed by atoms with Crippen molar-refractivity contribution < 1.29 is 14.7 Å². The normalized spacial score (nSPS) is 25.5. The topological polar surface area (TPSA) is 92.2 Å². The molecule has 6 nitrogen and oxygen atoms in total. The predicted octanol–water partition coefficient (Wildman–Crippen LogP) is 1.37. The molecule has 3 rings (SSSR count). The Balaban J connectivity index is 1.47. The second-order valence-electron chi connectivity index (χ2n) is 6.88. The number of nitrogens with one attached hydrogen (secondary N) is 1. The van der Waals surface area contributed by atoms with Crippen LogP contribution in [0.3, 0.4) is 0 Å². The van der Waals surface area contributed by atoms with Crippen molar-refractivity contribution in [2.24, 2.45) is 17.3 Å². The maximum atomic E-state index is 12.1. The number of carbonyl (C=O) groups excluding carboxylic acids is 1. The number of carboxylic acids is 1. The van der Waals surface area contributed by atoms with E-state index in [9.17, 15) is 9.59 Å². The molecule has 1 aromatic rings. The standard InChI is InChI=1S/C16H21N3O3/c1-16(2)11(12(16)15(21)22)14(20)17-6-5-9-7-18-13(19-8-9)10-3-4-10/h7-8,10-12H,3-6H2,1-2H3,(H,17,20)(H,21,22)/t11-,12+/m1/s1. The van der Waals surface area contributed by atoms with Crippen molar-refractivity contribution in [1.29, 1.82) is 0 Å². The molecule has 2 fully saturated rings. The largest absolute Gasteiger partial charge is 0.481 e. The number of hydrogen-bond acceptors (Lipinski definition) is 4. The van der Waals surface area contributed by atoms with E-state index in [0.29, 0.717) is 18.9 Å². The molecule has 0 aromatic carbocycles. The Morgan fingerprint density at radius 2 is 1.91 bits per heavy atom. The Hall–Kier alpha value is -1.98. The van der Waals surface area contributed by atoms with Crippen LogP contribution in [0.5, 0.6) is 0 Å². The van der Waals surface area contributed by atoms with Crippen LogP contribution in [0.15, 0.2) is 12.4 Å². The number of carboxylic acid groups (broad SMARTS) is 1. The summed E-state index contributed by atoms with van der Waals surface area (Å²) in [6, 6.07) is 0. The van der Waals surface area contributed by atoms with Gasteiger partial charge in [-0.15, -0.1) is 0 Å². The highest BCUT2D eigenvalue weighted by Crippen LogP contribution is 2.58.